The Labute approximate surface area is 156 Å². The SMILES string of the molecule is C=CNC(Cc1ccc2ccccc2c1)C(=C)N(C)Cc1ccccc1. The molecule has 1 atom stereocenters. The molecule has 0 aliphatic heterocycles. The van der Waals surface area contributed by atoms with Gasteiger partial charge in [-0.25, -0.2) is 0 Å². The van der Waals surface area contributed by atoms with E-state index >= 15 is 0 Å². The Kier molecular flexibility index (Phi) is 5.75. The summed E-state index contributed by atoms with van der Waals surface area (Å²) in [4.78, 5) is 2.21. The molecule has 2 heteroatoms. The van der Waals surface area contributed by atoms with Crippen molar-refractivity contribution in [3.8, 4) is 0 Å². The second kappa shape index (κ2) is 8.39. The van der Waals surface area contributed by atoms with Crippen LogP contribution in [0.4, 0.5) is 0 Å². The van der Waals surface area contributed by atoms with Crippen molar-refractivity contribution in [2.24, 2.45) is 0 Å². The standard InChI is InChI=1S/C24H26N2/c1-4-25-24(19(2)26(3)18-20-10-6-5-7-11-20)17-21-14-15-22-12-8-9-13-23(22)16-21/h4-16,24-25H,1-2,17-18H2,3H3. The van der Waals surface area contributed by atoms with Crippen LogP contribution in [0.3, 0.4) is 0 Å². The third kappa shape index (κ3) is 4.34. The summed E-state index contributed by atoms with van der Waals surface area (Å²) in [7, 11) is 2.09. The quantitative estimate of drug-likeness (QED) is 0.610. The highest BCUT2D eigenvalue weighted by Gasteiger charge is 2.16. The first-order valence-electron chi connectivity index (χ1n) is 8.96. The topological polar surface area (TPSA) is 15.3 Å². The molecule has 0 bridgehead atoms. The van der Waals surface area contributed by atoms with E-state index < -0.39 is 0 Å². The van der Waals surface area contributed by atoms with Crippen molar-refractivity contribution in [2.45, 2.75) is 19.0 Å². The Morgan fingerprint density at radius 1 is 0.962 bits per heavy atom. The lowest BCUT2D eigenvalue weighted by Gasteiger charge is -2.29. The summed E-state index contributed by atoms with van der Waals surface area (Å²) in [6.07, 6.45) is 2.63. The van der Waals surface area contributed by atoms with Gasteiger partial charge in [-0.05, 0) is 34.5 Å². The number of hydrogen-bond donors (Lipinski definition) is 1. The van der Waals surface area contributed by atoms with Gasteiger partial charge >= 0.3 is 0 Å². The fourth-order valence-corrected chi connectivity index (χ4v) is 3.24. The zero-order valence-corrected chi connectivity index (χ0v) is 15.4. The molecule has 132 valence electrons. The summed E-state index contributed by atoms with van der Waals surface area (Å²) in [6, 6.07) is 25.7. The van der Waals surface area contributed by atoms with E-state index in [2.05, 4.69) is 97.2 Å². The van der Waals surface area contributed by atoms with Crippen LogP contribution in [0.15, 0.2) is 97.9 Å². The molecule has 0 fully saturated rings. The van der Waals surface area contributed by atoms with Crippen LogP contribution in [0.5, 0.6) is 0 Å². The first-order chi connectivity index (χ1) is 12.7. The van der Waals surface area contributed by atoms with E-state index in [1.807, 2.05) is 6.07 Å². The van der Waals surface area contributed by atoms with E-state index in [4.69, 9.17) is 0 Å². The maximum absolute atomic E-state index is 4.34. The summed E-state index contributed by atoms with van der Waals surface area (Å²) < 4.78 is 0. The molecule has 1 unspecified atom stereocenters. The minimum Gasteiger partial charge on any atom is -0.383 e. The van der Waals surface area contributed by atoms with E-state index in [1.165, 1.54) is 21.9 Å². The molecule has 1 N–H and O–H groups in total. The van der Waals surface area contributed by atoms with Crippen LogP contribution >= 0.6 is 0 Å². The minimum absolute atomic E-state index is 0.113. The van der Waals surface area contributed by atoms with E-state index in [0.29, 0.717) is 0 Å². The highest BCUT2D eigenvalue weighted by atomic mass is 15.1. The van der Waals surface area contributed by atoms with E-state index in [1.54, 1.807) is 6.20 Å². The van der Waals surface area contributed by atoms with Crippen molar-refractivity contribution in [1.29, 1.82) is 0 Å². The van der Waals surface area contributed by atoms with Crippen LogP contribution in [0, 0.1) is 0 Å². The summed E-state index contributed by atoms with van der Waals surface area (Å²) >= 11 is 0. The molecule has 0 spiro atoms. The molecule has 0 aliphatic rings. The fourth-order valence-electron chi connectivity index (χ4n) is 3.24. The van der Waals surface area contributed by atoms with Gasteiger partial charge in [0.2, 0.25) is 0 Å². The van der Waals surface area contributed by atoms with Gasteiger partial charge in [0.05, 0.1) is 6.04 Å². The van der Waals surface area contributed by atoms with Crippen LogP contribution < -0.4 is 5.32 Å². The van der Waals surface area contributed by atoms with Crippen molar-refractivity contribution >= 4 is 10.8 Å². The number of hydrogen-bond acceptors (Lipinski definition) is 2. The van der Waals surface area contributed by atoms with Crippen molar-refractivity contribution in [3.05, 3.63) is 109 Å². The van der Waals surface area contributed by atoms with E-state index in [-0.39, 0.29) is 6.04 Å². The third-order valence-corrected chi connectivity index (χ3v) is 4.73. The first kappa shape index (κ1) is 17.8. The monoisotopic (exact) mass is 342 g/mol. The molecule has 3 aromatic carbocycles. The average Bonchev–Trinajstić information content (AvgIpc) is 2.67. The van der Waals surface area contributed by atoms with Gasteiger partial charge in [0.1, 0.15) is 0 Å². The second-order valence-corrected chi connectivity index (χ2v) is 6.64. The Morgan fingerprint density at radius 2 is 1.65 bits per heavy atom. The minimum atomic E-state index is 0.113. The zero-order valence-electron chi connectivity index (χ0n) is 15.4. The molecule has 0 saturated carbocycles. The number of rotatable bonds is 8. The number of likely N-dealkylation sites (N-methyl/N-ethyl adjacent to an activating group) is 1. The summed E-state index contributed by atoms with van der Waals surface area (Å²) in [5, 5.41) is 5.91. The van der Waals surface area contributed by atoms with Crippen molar-refractivity contribution in [2.75, 3.05) is 7.05 Å². The van der Waals surface area contributed by atoms with Gasteiger partial charge < -0.3 is 10.2 Å². The molecule has 0 aromatic heterocycles. The molecular formula is C24H26N2. The molecule has 26 heavy (non-hydrogen) atoms. The Balaban J connectivity index is 1.74. The van der Waals surface area contributed by atoms with Crippen molar-refractivity contribution in [3.63, 3.8) is 0 Å². The molecule has 0 aliphatic carbocycles. The molecule has 3 aromatic rings. The van der Waals surface area contributed by atoms with Gasteiger partial charge in [-0.1, -0.05) is 86.0 Å². The predicted octanol–water partition coefficient (Wildman–Crippen LogP) is 5.13. The lowest BCUT2D eigenvalue weighted by Crippen LogP contribution is -2.35. The summed E-state index contributed by atoms with van der Waals surface area (Å²) in [5.41, 5.74) is 3.62. The lowest BCUT2D eigenvalue weighted by molar-refractivity contribution is 0.368. The van der Waals surface area contributed by atoms with Crippen LogP contribution in [0.25, 0.3) is 10.8 Å². The average molecular weight is 342 g/mol. The van der Waals surface area contributed by atoms with Crippen LogP contribution in [0.2, 0.25) is 0 Å². The summed E-state index contributed by atoms with van der Waals surface area (Å²) in [6.45, 7) is 9.03. The number of nitrogens with one attached hydrogen (secondary N) is 1. The van der Waals surface area contributed by atoms with Gasteiger partial charge in [-0.15, -0.1) is 0 Å². The lowest BCUT2D eigenvalue weighted by atomic mass is 9.99. The van der Waals surface area contributed by atoms with Crippen LogP contribution in [-0.2, 0) is 13.0 Å². The predicted molar refractivity (Wildman–Crippen MR) is 112 cm³/mol. The van der Waals surface area contributed by atoms with Gasteiger partial charge in [0.25, 0.3) is 0 Å². The Hall–Kier alpha value is -3.00. The van der Waals surface area contributed by atoms with Crippen molar-refractivity contribution < 1.29 is 0 Å². The number of nitrogens with zero attached hydrogens (tertiary/aromatic N) is 1. The molecule has 3 rings (SSSR count). The molecule has 0 saturated heterocycles. The Bertz CT molecular complexity index is 883. The first-order valence-corrected chi connectivity index (χ1v) is 8.96. The van der Waals surface area contributed by atoms with E-state index in [9.17, 15) is 0 Å². The fraction of sp³-hybridized carbons (Fsp3) is 0.167. The normalized spacial score (nSPS) is 11.7. The number of fused-ring (bicyclic) bond motifs is 1. The zero-order chi connectivity index (χ0) is 18.4. The highest BCUT2D eigenvalue weighted by Crippen LogP contribution is 2.19. The van der Waals surface area contributed by atoms with Gasteiger partial charge in [-0.2, -0.15) is 0 Å². The Morgan fingerprint density at radius 3 is 2.38 bits per heavy atom. The highest BCUT2D eigenvalue weighted by molar-refractivity contribution is 5.83. The molecular weight excluding hydrogens is 316 g/mol. The second-order valence-electron chi connectivity index (χ2n) is 6.64. The summed E-state index contributed by atoms with van der Waals surface area (Å²) in [5.74, 6) is 0. The number of benzene rings is 3. The maximum Gasteiger partial charge on any atom is 0.0690 e. The molecule has 0 heterocycles. The van der Waals surface area contributed by atoms with Gasteiger partial charge in [0.15, 0.2) is 0 Å². The largest absolute Gasteiger partial charge is 0.383 e. The maximum atomic E-state index is 4.34. The smallest absolute Gasteiger partial charge is 0.0690 e. The molecule has 0 amide bonds. The van der Waals surface area contributed by atoms with Crippen LogP contribution in [0.1, 0.15) is 11.1 Å². The van der Waals surface area contributed by atoms with Crippen LogP contribution in [-0.4, -0.2) is 18.0 Å². The van der Waals surface area contributed by atoms with E-state index in [0.717, 1.165) is 18.7 Å². The third-order valence-electron chi connectivity index (χ3n) is 4.73. The van der Waals surface area contributed by atoms with Gasteiger partial charge in [-0.3, -0.25) is 0 Å². The van der Waals surface area contributed by atoms with Gasteiger partial charge in [0, 0.05) is 19.3 Å². The van der Waals surface area contributed by atoms with Crippen molar-refractivity contribution in [1.82, 2.24) is 10.2 Å². The molecule has 0 radical (unpaired) electrons. The molecule has 2 nitrogen and oxygen atoms in total.